The average molecular weight is 951 g/mol. The number of benzene rings is 9. The Morgan fingerprint density at radius 3 is 1.37 bits per heavy atom. The summed E-state index contributed by atoms with van der Waals surface area (Å²) in [6.07, 6.45) is 2.09. The van der Waals surface area contributed by atoms with E-state index in [0.29, 0.717) is 0 Å². The zero-order valence-electron chi connectivity index (χ0n) is 40.1. The molecule has 9 aromatic carbocycles. The zero-order chi connectivity index (χ0) is 48.6. The lowest BCUT2D eigenvalue weighted by Gasteiger charge is -2.12. The molecule has 0 saturated carbocycles. The Morgan fingerprint density at radius 1 is 0.240 bits per heavy atom. The van der Waals surface area contributed by atoms with Gasteiger partial charge in [-0.05, 0) is 65.2 Å². The summed E-state index contributed by atoms with van der Waals surface area (Å²) in [6.45, 7) is 0. The van der Waals surface area contributed by atoms with Gasteiger partial charge < -0.3 is 13.2 Å². The van der Waals surface area contributed by atoms with Gasteiger partial charge in [0.15, 0.2) is 0 Å². The predicted molar refractivity (Wildman–Crippen MR) is 311 cm³/mol. The summed E-state index contributed by atoms with van der Waals surface area (Å²) in [5.41, 5.74) is 22.8. The van der Waals surface area contributed by atoms with Crippen molar-refractivity contribution in [3.63, 3.8) is 0 Å². The lowest BCUT2D eigenvalue weighted by molar-refractivity contribution is 1.29. The molecule has 18 rings (SSSR count). The van der Waals surface area contributed by atoms with Gasteiger partial charge in [0.05, 0.1) is 84.0 Å². The Labute approximate surface area is 427 Å². The summed E-state index contributed by atoms with van der Waals surface area (Å²) >= 11 is 0. The highest BCUT2D eigenvalue weighted by Crippen LogP contribution is 2.51. The number of para-hydroxylation sites is 2. The quantitative estimate of drug-likeness (QED) is 0.173. The van der Waals surface area contributed by atoms with Gasteiger partial charge in [-0.15, -0.1) is 0 Å². The molecule has 6 nitrogen and oxygen atoms in total. The van der Waals surface area contributed by atoms with Crippen molar-refractivity contribution in [2.24, 2.45) is 0 Å². The van der Waals surface area contributed by atoms with Gasteiger partial charge >= 0.3 is 0 Å². The highest BCUT2D eigenvalue weighted by atomic mass is 15.0. The fourth-order valence-corrected chi connectivity index (χ4v) is 13.2. The van der Waals surface area contributed by atoms with Gasteiger partial charge in [0.1, 0.15) is 0 Å². The van der Waals surface area contributed by atoms with Gasteiger partial charge in [0.2, 0.25) is 0 Å². The number of hydrogen-bond acceptors (Lipinski definition) is 3. The van der Waals surface area contributed by atoms with Crippen molar-refractivity contribution in [3.8, 4) is 56.0 Å². The number of fused-ring (bicyclic) bond motifs is 18. The van der Waals surface area contributed by atoms with Crippen LogP contribution in [0.2, 0.25) is 0 Å². The average Bonchev–Trinajstić information content (AvgIpc) is 4.46. The first kappa shape index (κ1) is 39.4. The van der Waals surface area contributed by atoms with Crippen LogP contribution < -0.4 is 0 Å². The second-order valence-corrected chi connectivity index (χ2v) is 20.3. The van der Waals surface area contributed by atoms with Crippen molar-refractivity contribution in [2.45, 2.75) is 0 Å². The van der Waals surface area contributed by atoms with E-state index in [9.17, 15) is 0 Å². The van der Waals surface area contributed by atoms with E-state index < -0.39 is 0 Å². The molecule has 9 aromatic heterocycles. The van der Waals surface area contributed by atoms with Gasteiger partial charge in [-0.2, -0.15) is 0 Å². The largest absolute Gasteiger partial charge is 0.308 e. The van der Waals surface area contributed by atoms with E-state index in [0.717, 1.165) is 111 Å². The van der Waals surface area contributed by atoms with Crippen LogP contribution in [0, 0.1) is 0 Å². The van der Waals surface area contributed by atoms with E-state index in [1.54, 1.807) is 0 Å². The highest BCUT2D eigenvalue weighted by Gasteiger charge is 2.30. The van der Waals surface area contributed by atoms with Crippen LogP contribution in [0.1, 0.15) is 0 Å². The third-order valence-electron chi connectivity index (χ3n) is 16.4. The second-order valence-electron chi connectivity index (χ2n) is 20.3. The van der Waals surface area contributed by atoms with Crippen LogP contribution in [0.5, 0.6) is 0 Å². The molecule has 0 spiro atoms. The maximum atomic E-state index is 5.73. The van der Waals surface area contributed by atoms with E-state index in [4.69, 9.17) is 15.0 Å². The molecule has 0 saturated heterocycles. The smallest absolute Gasteiger partial charge is 0.0977 e. The van der Waals surface area contributed by atoms with Gasteiger partial charge in [-0.3, -0.25) is 4.98 Å². The van der Waals surface area contributed by atoms with Crippen LogP contribution >= 0.6 is 0 Å². The summed E-state index contributed by atoms with van der Waals surface area (Å²) in [6, 6.07) is 81.6. The number of aromatic nitrogens is 6. The maximum Gasteiger partial charge on any atom is 0.0977 e. The molecule has 0 bridgehead atoms. The van der Waals surface area contributed by atoms with Crippen molar-refractivity contribution < 1.29 is 0 Å². The van der Waals surface area contributed by atoms with Gasteiger partial charge in [0.25, 0.3) is 0 Å². The SMILES string of the molecule is c1ccc(-c2ccc3c(c2)c2cc(-c4ccccc4)nc4c5cc6c7nc(-c8ccccc8)cc8c9cc(-c%10ccccc%10)ncc9n(c6c(-c6ccc9c%10cccc%11c%12ccccc%12n(c9c6)c%11%10)c5n3c24)c87)cc1. The fourth-order valence-electron chi connectivity index (χ4n) is 13.2. The standard InChI is InChI=1S/C69H38N6/c1-5-16-39(17-6-1)43-29-31-59-49(32-43)51-36-56(41-20-9-3-10-21-41)71-63-53-34-54-64-69-52(37-57(72-64)42-22-11-4-12-23-42)50-35-55(40-18-7-2-8-19-40)70-38-61(50)75(69)67(54)62(66(53)74(59)68(51)63)44-28-30-46-48-26-15-25-47-45-24-13-14-27-58(45)73(65(47)48)60(46)33-44/h1-38H. The fraction of sp³-hybridized carbons (Fsp3) is 0. The van der Waals surface area contributed by atoms with E-state index >= 15 is 0 Å². The van der Waals surface area contributed by atoms with E-state index in [1.165, 1.54) is 60.0 Å². The van der Waals surface area contributed by atoms with Gasteiger partial charge in [-0.1, -0.05) is 176 Å². The minimum atomic E-state index is 0.932. The molecule has 0 aliphatic heterocycles. The Morgan fingerprint density at radius 2 is 0.733 bits per heavy atom. The molecular formula is C69H38N6. The molecule has 0 N–H and O–H groups in total. The summed E-state index contributed by atoms with van der Waals surface area (Å²) in [5, 5.41) is 11.9. The van der Waals surface area contributed by atoms with Crippen LogP contribution in [0.3, 0.4) is 0 Å². The summed E-state index contributed by atoms with van der Waals surface area (Å²) in [7, 11) is 0. The lowest BCUT2D eigenvalue weighted by Crippen LogP contribution is -1.92. The molecule has 0 aliphatic rings. The highest BCUT2D eigenvalue weighted by molar-refractivity contribution is 6.33. The van der Waals surface area contributed by atoms with E-state index in [2.05, 4.69) is 244 Å². The first-order chi connectivity index (χ1) is 37.2. The van der Waals surface area contributed by atoms with Crippen LogP contribution in [-0.4, -0.2) is 28.2 Å². The van der Waals surface area contributed by atoms with Crippen molar-refractivity contribution >= 4 is 115 Å². The molecule has 75 heavy (non-hydrogen) atoms. The predicted octanol–water partition coefficient (Wildman–Crippen LogP) is 17.7. The number of rotatable bonds is 5. The minimum absolute atomic E-state index is 0.932. The monoisotopic (exact) mass is 950 g/mol. The zero-order valence-corrected chi connectivity index (χ0v) is 40.1. The van der Waals surface area contributed by atoms with Crippen LogP contribution in [-0.2, 0) is 0 Å². The molecule has 0 aliphatic carbocycles. The molecule has 9 heterocycles. The van der Waals surface area contributed by atoms with Gasteiger partial charge in [0, 0.05) is 76.1 Å². The number of nitrogens with zero attached hydrogens (tertiary/aromatic N) is 6. The second kappa shape index (κ2) is 14.3. The molecule has 0 amide bonds. The Kier molecular flexibility index (Phi) is 7.51. The minimum Gasteiger partial charge on any atom is -0.308 e. The first-order valence-electron chi connectivity index (χ1n) is 25.7. The van der Waals surface area contributed by atoms with Crippen LogP contribution in [0.15, 0.2) is 231 Å². The van der Waals surface area contributed by atoms with E-state index in [-0.39, 0.29) is 0 Å². The number of pyridine rings is 3. The van der Waals surface area contributed by atoms with Crippen molar-refractivity contribution in [3.05, 3.63) is 231 Å². The van der Waals surface area contributed by atoms with Crippen molar-refractivity contribution in [2.75, 3.05) is 0 Å². The normalized spacial score (nSPS) is 12.5. The van der Waals surface area contributed by atoms with Crippen LogP contribution in [0.25, 0.3) is 171 Å². The molecule has 0 fully saturated rings. The van der Waals surface area contributed by atoms with Crippen molar-refractivity contribution in [1.29, 1.82) is 0 Å². The summed E-state index contributed by atoms with van der Waals surface area (Å²) in [5.74, 6) is 0. The lowest BCUT2D eigenvalue weighted by atomic mass is 9.96. The summed E-state index contributed by atoms with van der Waals surface area (Å²) < 4.78 is 7.52. The molecular weight excluding hydrogens is 913 g/mol. The van der Waals surface area contributed by atoms with Gasteiger partial charge in [-0.25, -0.2) is 9.97 Å². The topological polar surface area (TPSA) is 51.9 Å². The van der Waals surface area contributed by atoms with Crippen molar-refractivity contribution in [1.82, 2.24) is 28.2 Å². The summed E-state index contributed by atoms with van der Waals surface area (Å²) in [4.78, 5) is 16.7. The Bertz CT molecular complexity index is 5140. The van der Waals surface area contributed by atoms with E-state index in [1.807, 2.05) is 0 Å². The molecule has 0 unspecified atom stereocenters. The third-order valence-corrected chi connectivity index (χ3v) is 16.4. The Hall–Kier alpha value is -10.2. The Balaban J connectivity index is 1.07. The third kappa shape index (κ3) is 5.14. The maximum absolute atomic E-state index is 5.73. The van der Waals surface area contributed by atoms with Crippen LogP contribution in [0.4, 0.5) is 0 Å². The molecule has 0 radical (unpaired) electrons. The molecule has 6 heteroatoms. The molecule has 0 atom stereocenters. The molecule has 18 aromatic rings. The molecule has 344 valence electrons. The first-order valence-corrected chi connectivity index (χ1v) is 25.7. The number of hydrogen-bond donors (Lipinski definition) is 0.